The van der Waals surface area contributed by atoms with Gasteiger partial charge in [0.25, 0.3) is 5.91 Å². The van der Waals surface area contributed by atoms with Gasteiger partial charge < -0.3 is 10.1 Å². The summed E-state index contributed by atoms with van der Waals surface area (Å²) < 4.78 is 31.6. The highest BCUT2D eigenvalue weighted by Gasteiger charge is 2.16. The number of hydrogen-bond acceptors (Lipinski definition) is 3. The Morgan fingerprint density at radius 1 is 1.04 bits per heavy atom. The minimum Gasteiger partial charge on any atom is -0.452 e. The highest BCUT2D eigenvalue weighted by Crippen LogP contribution is 2.18. The molecule has 2 aromatic rings. The van der Waals surface area contributed by atoms with E-state index in [0.717, 1.165) is 17.7 Å². The molecule has 0 radical (unpaired) electrons. The van der Waals surface area contributed by atoms with E-state index in [9.17, 15) is 18.4 Å². The molecule has 2 aromatic carbocycles. The van der Waals surface area contributed by atoms with Crippen molar-refractivity contribution in [3.05, 3.63) is 70.8 Å². The monoisotopic (exact) mass is 361 g/mol. The predicted molar refractivity (Wildman–Crippen MR) is 93.7 cm³/mol. The molecule has 0 heterocycles. The average molecular weight is 361 g/mol. The van der Waals surface area contributed by atoms with Gasteiger partial charge in [0.15, 0.2) is 6.61 Å². The third-order valence-electron chi connectivity index (χ3n) is 3.95. The van der Waals surface area contributed by atoms with Gasteiger partial charge in [-0.15, -0.1) is 0 Å². The van der Waals surface area contributed by atoms with Crippen molar-refractivity contribution in [1.29, 1.82) is 0 Å². The Morgan fingerprint density at radius 2 is 1.69 bits per heavy atom. The first-order valence-electron chi connectivity index (χ1n) is 8.29. The van der Waals surface area contributed by atoms with Crippen LogP contribution in [0.1, 0.15) is 54.2 Å². The summed E-state index contributed by atoms with van der Waals surface area (Å²) in [6.07, 6.45) is 0. The van der Waals surface area contributed by atoms with E-state index < -0.39 is 36.2 Å². The fourth-order valence-corrected chi connectivity index (χ4v) is 2.43. The van der Waals surface area contributed by atoms with Crippen molar-refractivity contribution >= 4 is 11.9 Å². The summed E-state index contributed by atoms with van der Waals surface area (Å²) in [6, 6.07) is 9.39. The van der Waals surface area contributed by atoms with Gasteiger partial charge in [0.1, 0.15) is 11.6 Å². The van der Waals surface area contributed by atoms with Gasteiger partial charge >= 0.3 is 5.97 Å². The molecule has 1 N–H and O–H groups in total. The van der Waals surface area contributed by atoms with Crippen LogP contribution < -0.4 is 5.32 Å². The third-order valence-corrected chi connectivity index (χ3v) is 3.95. The lowest BCUT2D eigenvalue weighted by Crippen LogP contribution is -2.31. The summed E-state index contributed by atoms with van der Waals surface area (Å²) in [5.74, 6) is -2.29. The highest BCUT2D eigenvalue weighted by molar-refractivity contribution is 5.91. The number of benzene rings is 2. The molecule has 0 aliphatic carbocycles. The number of halogens is 2. The first kappa shape index (κ1) is 19.6. The zero-order valence-corrected chi connectivity index (χ0v) is 14.9. The average Bonchev–Trinajstić information content (AvgIpc) is 2.59. The largest absolute Gasteiger partial charge is 0.452 e. The van der Waals surface area contributed by atoms with Gasteiger partial charge in [-0.1, -0.05) is 32.0 Å². The van der Waals surface area contributed by atoms with Crippen molar-refractivity contribution in [2.24, 2.45) is 0 Å². The Balaban J connectivity index is 1.88. The van der Waals surface area contributed by atoms with Gasteiger partial charge in [-0.05, 0) is 36.6 Å². The molecule has 0 saturated carbocycles. The third kappa shape index (κ3) is 5.12. The number of amides is 1. The summed E-state index contributed by atoms with van der Waals surface area (Å²) >= 11 is 0. The van der Waals surface area contributed by atoms with Crippen LogP contribution in [-0.4, -0.2) is 18.5 Å². The van der Waals surface area contributed by atoms with Crippen molar-refractivity contribution in [3.8, 4) is 0 Å². The van der Waals surface area contributed by atoms with Gasteiger partial charge in [0.2, 0.25) is 0 Å². The first-order valence-corrected chi connectivity index (χ1v) is 8.29. The Morgan fingerprint density at radius 3 is 2.27 bits per heavy atom. The van der Waals surface area contributed by atoms with Crippen molar-refractivity contribution in [3.63, 3.8) is 0 Å². The second-order valence-electron chi connectivity index (χ2n) is 6.31. The van der Waals surface area contributed by atoms with Crippen molar-refractivity contribution in [1.82, 2.24) is 5.32 Å². The summed E-state index contributed by atoms with van der Waals surface area (Å²) in [5.41, 5.74) is 1.59. The fraction of sp³-hybridized carbons (Fsp3) is 0.300. The van der Waals surface area contributed by atoms with Crippen LogP contribution >= 0.6 is 0 Å². The van der Waals surface area contributed by atoms with Crippen LogP contribution in [0.5, 0.6) is 0 Å². The first-order chi connectivity index (χ1) is 12.3. The smallest absolute Gasteiger partial charge is 0.338 e. The molecule has 0 bridgehead atoms. The van der Waals surface area contributed by atoms with Crippen molar-refractivity contribution < 1.29 is 23.1 Å². The molecule has 26 heavy (non-hydrogen) atoms. The van der Waals surface area contributed by atoms with E-state index in [1.165, 1.54) is 6.07 Å². The standard InChI is InChI=1S/C20H21F2NO3/c1-12(2)14-4-6-15(7-5-14)20(25)26-11-19(24)23-13(3)17-9-8-16(21)10-18(17)22/h4-10,12-13H,11H2,1-3H3,(H,23,24)/t13-/m1/s1. The highest BCUT2D eigenvalue weighted by atomic mass is 19.1. The summed E-state index contributed by atoms with van der Waals surface area (Å²) in [7, 11) is 0. The number of rotatable bonds is 6. The molecule has 0 aliphatic rings. The molecule has 1 atom stereocenters. The topological polar surface area (TPSA) is 55.4 Å². The Kier molecular flexibility index (Phi) is 6.44. The number of carbonyl (C=O) groups is 2. The molecule has 0 unspecified atom stereocenters. The fourth-order valence-electron chi connectivity index (χ4n) is 2.43. The van der Waals surface area contributed by atoms with Crippen LogP contribution in [0, 0.1) is 11.6 Å². The van der Waals surface area contributed by atoms with E-state index >= 15 is 0 Å². The quantitative estimate of drug-likeness (QED) is 0.788. The lowest BCUT2D eigenvalue weighted by molar-refractivity contribution is -0.124. The second-order valence-corrected chi connectivity index (χ2v) is 6.31. The van der Waals surface area contributed by atoms with Crippen molar-refractivity contribution in [2.75, 3.05) is 6.61 Å². The Bertz CT molecular complexity index is 788. The minimum atomic E-state index is -0.750. The van der Waals surface area contributed by atoms with Crippen LogP contribution in [0.25, 0.3) is 0 Å². The number of esters is 1. The maximum atomic E-state index is 13.7. The van der Waals surface area contributed by atoms with Crippen LogP contribution in [0.3, 0.4) is 0 Å². The van der Waals surface area contributed by atoms with Crippen molar-refractivity contribution in [2.45, 2.75) is 32.7 Å². The molecule has 1 amide bonds. The molecule has 138 valence electrons. The second kappa shape index (κ2) is 8.56. The summed E-state index contributed by atoms with van der Waals surface area (Å²) in [4.78, 5) is 23.9. The number of ether oxygens (including phenoxy) is 1. The van der Waals surface area contributed by atoms with Gasteiger partial charge in [-0.3, -0.25) is 4.79 Å². The van der Waals surface area contributed by atoms with Gasteiger partial charge in [0.05, 0.1) is 11.6 Å². The van der Waals surface area contributed by atoms with Gasteiger partial charge in [0, 0.05) is 11.6 Å². The SMILES string of the molecule is CC(C)c1ccc(C(=O)OCC(=O)N[C@H](C)c2ccc(F)cc2F)cc1. The number of hydrogen-bond donors (Lipinski definition) is 1. The van der Waals surface area contributed by atoms with E-state index in [2.05, 4.69) is 5.32 Å². The van der Waals surface area contributed by atoms with E-state index in [0.29, 0.717) is 11.5 Å². The number of carbonyl (C=O) groups excluding carboxylic acids is 2. The maximum Gasteiger partial charge on any atom is 0.338 e. The zero-order chi connectivity index (χ0) is 19.3. The molecule has 6 heteroatoms. The summed E-state index contributed by atoms with van der Waals surface area (Å²) in [5, 5.41) is 2.51. The lowest BCUT2D eigenvalue weighted by Gasteiger charge is -2.15. The molecule has 0 aliphatic heterocycles. The summed E-state index contributed by atoms with van der Waals surface area (Å²) in [6.45, 7) is 5.16. The molecule has 0 fully saturated rings. The molecular formula is C20H21F2NO3. The molecular weight excluding hydrogens is 340 g/mol. The van der Waals surface area contributed by atoms with E-state index in [-0.39, 0.29) is 5.56 Å². The van der Waals surface area contributed by atoms with E-state index in [4.69, 9.17) is 4.74 Å². The van der Waals surface area contributed by atoms with Crippen LogP contribution in [0.2, 0.25) is 0 Å². The molecule has 0 spiro atoms. The van der Waals surface area contributed by atoms with Crippen LogP contribution in [0.4, 0.5) is 8.78 Å². The van der Waals surface area contributed by atoms with E-state index in [1.54, 1.807) is 19.1 Å². The Labute approximate surface area is 151 Å². The van der Waals surface area contributed by atoms with Gasteiger partial charge in [-0.25, -0.2) is 13.6 Å². The van der Waals surface area contributed by atoms with Crippen LogP contribution in [0.15, 0.2) is 42.5 Å². The van der Waals surface area contributed by atoms with Gasteiger partial charge in [-0.2, -0.15) is 0 Å². The number of nitrogens with one attached hydrogen (secondary N) is 1. The van der Waals surface area contributed by atoms with E-state index in [1.807, 2.05) is 26.0 Å². The predicted octanol–water partition coefficient (Wildman–Crippen LogP) is 4.12. The lowest BCUT2D eigenvalue weighted by atomic mass is 10.0. The molecule has 0 saturated heterocycles. The maximum absolute atomic E-state index is 13.7. The van der Waals surface area contributed by atoms with Crippen LogP contribution in [-0.2, 0) is 9.53 Å². The normalized spacial score (nSPS) is 11.9. The minimum absolute atomic E-state index is 0.148. The molecule has 0 aromatic heterocycles. The zero-order valence-electron chi connectivity index (χ0n) is 14.9. The Hall–Kier alpha value is -2.76. The molecule has 2 rings (SSSR count). The molecule has 4 nitrogen and oxygen atoms in total.